The number of hydrogen-bond donors (Lipinski definition) is 4. The van der Waals surface area contributed by atoms with Crippen LogP contribution in [0, 0.1) is 5.92 Å². The number of para-hydroxylation sites is 1. The highest BCUT2D eigenvalue weighted by molar-refractivity contribution is 7.80. The van der Waals surface area contributed by atoms with E-state index in [1.807, 2.05) is 24.3 Å². The SMILES string of the molecule is O=C(NC(Cc1c[nH]c2ccccc12)c1nnn[nH]1)[C@H](CS)C(F)(F)F. The number of aromatic nitrogens is 5. The lowest BCUT2D eigenvalue weighted by Gasteiger charge is -2.21. The summed E-state index contributed by atoms with van der Waals surface area (Å²) in [5.41, 5.74) is 1.70. The minimum atomic E-state index is -4.68. The molecule has 7 nitrogen and oxygen atoms in total. The molecule has 2 heterocycles. The number of halogens is 3. The number of amides is 1. The number of carbonyl (C=O) groups is 1. The summed E-state index contributed by atoms with van der Waals surface area (Å²) in [5, 5.41) is 16.4. The van der Waals surface area contributed by atoms with Gasteiger partial charge in [0.2, 0.25) is 5.91 Å². The Morgan fingerprint density at radius 2 is 2.08 bits per heavy atom. The summed E-state index contributed by atoms with van der Waals surface area (Å²) in [5.74, 6) is -3.87. The maximum atomic E-state index is 13.0. The smallest absolute Gasteiger partial charge is 0.361 e. The highest BCUT2D eigenvalue weighted by Crippen LogP contribution is 2.29. The Morgan fingerprint density at radius 1 is 1.31 bits per heavy atom. The van der Waals surface area contributed by atoms with Crippen LogP contribution in [0.3, 0.4) is 0 Å². The lowest BCUT2D eigenvalue weighted by molar-refractivity contribution is -0.178. The van der Waals surface area contributed by atoms with Crippen molar-refractivity contribution in [1.29, 1.82) is 0 Å². The molecule has 0 radical (unpaired) electrons. The Bertz CT molecular complexity index is 879. The zero-order valence-corrected chi connectivity index (χ0v) is 14.2. The van der Waals surface area contributed by atoms with Gasteiger partial charge in [0.15, 0.2) is 5.82 Å². The molecule has 3 N–H and O–H groups in total. The number of thiol groups is 1. The standard InChI is InChI=1S/C15H15F3N6OS/c16-15(17,18)10(7-26)14(25)20-12(13-21-23-24-22-13)5-8-6-19-11-4-2-1-3-9(8)11/h1-4,6,10,12,19,26H,5,7H2,(H,20,25)(H,21,22,23,24)/t10-,12?/m0/s1. The molecule has 0 aliphatic heterocycles. The Labute approximate surface area is 151 Å². The Hall–Kier alpha value is -2.56. The second kappa shape index (κ2) is 7.36. The van der Waals surface area contributed by atoms with Gasteiger partial charge in [0.05, 0.1) is 6.04 Å². The summed E-state index contributed by atoms with van der Waals surface area (Å²) in [4.78, 5) is 15.2. The first-order valence-electron chi connectivity index (χ1n) is 7.66. The van der Waals surface area contributed by atoms with E-state index in [1.165, 1.54) is 0 Å². The van der Waals surface area contributed by atoms with Crippen LogP contribution in [0.25, 0.3) is 10.9 Å². The van der Waals surface area contributed by atoms with E-state index in [0.717, 1.165) is 16.5 Å². The summed E-state index contributed by atoms with van der Waals surface area (Å²) in [6, 6.07) is 6.63. The first-order chi connectivity index (χ1) is 12.4. The fourth-order valence-corrected chi connectivity index (χ4v) is 3.03. The maximum absolute atomic E-state index is 13.0. The van der Waals surface area contributed by atoms with E-state index in [2.05, 4.69) is 43.6 Å². The quantitative estimate of drug-likeness (QED) is 0.490. The van der Waals surface area contributed by atoms with E-state index < -0.39 is 29.8 Å². The molecule has 0 aliphatic carbocycles. The summed E-state index contributed by atoms with van der Waals surface area (Å²) >= 11 is 3.65. The molecule has 0 saturated carbocycles. The summed E-state index contributed by atoms with van der Waals surface area (Å²) in [6.45, 7) is 0. The summed E-state index contributed by atoms with van der Waals surface area (Å²) in [6.07, 6.45) is -2.73. The lowest BCUT2D eigenvalue weighted by atomic mass is 10.0. The van der Waals surface area contributed by atoms with Crippen molar-refractivity contribution >= 4 is 29.4 Å². The number of fused-ring (bicyclic) bond motifs is 1. The highest BCUT2D eigenvalue weighted by Gasteiger charge is 2.44. The van der Waals surface area contributed by atoms with E-state index in [-0.39, 0.29) is 12.2 Å². The van der Waals surface area contributed by atoms with Crippen molar-refractivity contribution in [2.24, 2.45) is 5.92 Å². The van der Waals surface area contributed by atoms with Crippen LogP contribution >= 0.6 is 12.6 Å². The third kappa shape index (κ3) is 3.82. The number of benzene rings is 1. The molecule has 3 rings (SSSR count). The number of aromatic amines is 2. The molecular formula is C15H15F3N6OS. The van der Waals surface area contributed by atoms with Gasteiger partial charge in [0, 0.05) is 29.3 Å². The van der Waals surface area contributed by atoms with Crippen molar-refractivity contribution in [3.05, 3.63) is 41.9 Å². The van der Waals surface area contributed by atoms with Gasteiger partial charge in [-0.25, -0.2) is 5.10 Å². The number of hydrogen-bond acceptors (Lipinski definition) is 5. The van der Waals surface area contributed by atoms with Crippen LogP contribution < -0.4 is 5.32 Å². The van der Waals surface area contributed by atoms with Crippen molar-refractivity contribution in [1.82, 2.24) is 30.9 Å². The molecule has 1 amide bonds. The average Bonchev–Trinajstić information content (AvgIpc) is 3.23. The molecule has 1 aromatic carbocycles. The molecule has 0 aliphatic rings. The maximum Gasteiger partial charge on any atom is 0.401 e. The van der Waals surface area contributed by atoms with E-state index in [9.17, 15) is 18.0 Å². The third-order valence-corrected chi connectivity index (χ3v) is 4.37. The summed E-state index contributed by atoms with van der Waals surface area (Å²) in [7, 11) is 0. The van der Waals surface area contributed by atoms with Crippen molar-refractivity contribution < 1.29 is 18.0 Å². The molecule has 2 atom stereocenters. The first-order valence-corrected chi connectivity index (χ1v) is 8.30. The van der Waals surface area contributed by atoms with Crippen molar-refractivity contribution in [3.8, 4) is 0 Å². The van der Waals surface area contributed by atoms with Crippen LogP contribution in [-0.2, 0) is 11.2 Å². The largest absolute Gasteiger partial charge is 0.401 e. The molecule has 138 valence electrons. The lowest BCUT2D eigenvalue weighted by Crippen LogP contribution is -2.42. The fourth-order valence-electron chi connectivity index (χ4n) is 2.66. The number of H-pyrrole nitrogens is 2. The molecule has 1 unspecified atom stereocenters. The number of nitrogens with zero attached hydrogens (tertiary/aromatic N) is 3. The van der Waals surface area contributed by atoms with Crippen LogP contribution in [0.15, 0.2) is 30.5 Å². The Kier molecular flexibility index (Phi) is 5.16. The molecule has 0 spiro atoms. The average molecular weight is 384 g/mol. The van der Waals surface area contributed by atoms with Gasteiger partial charge < -0.3 is 10.3 Å². The van der Waals surface area contributed by atoms with Crippen LogP contribution in [0.5, 0.6) is 0 Å². The van der Waals surface area contributed by atoms with Gasteiger partial charge in [-0.1, -0.05) is 18.2 Å². The van der Waals surface area contributed by atoms with E-state index in [0.29, 0.717) is 0 Å². The third-order valence-electron chi connectivity index (χ3n) is 4.00. The van der Waals surface area contributed by atoms with Gasteiger partial charge in [0.25, 0.3) is 0 Å². The molecule has 3 aromatic rings. The molecule has 0 saturated heterocycles. The number of alkyl halides is 3. The Balaban J connectivity index is 1.86. The zero-order valence-electron chi connectivity index (χ0n) is 13.3. The molecular weight excluding hydrogens is 369 g/mol. The number of nitrogens with one attached hydrogen (secondary N) is 3. The van der Waals surface area contributed by atoms with Crippen molar-refractivity contribution in [2.45, 2.75) is 18.6 Å². The Morgan fingerprint density at radius 3 is 2.73 bits per heavy atom. The second-order valence-corrected chi connectivity index (χ2v) is 6.05. The first kappa shape index (κ1) is 18.2. The van der Waals surface area contributed by atoms with Crippen LogP contribution in [0.4, 0.5) is 13.2 Å². The number of tetrazole rings is 1. The van der Waals surface area contributed by atoms with Crippen molar-refractivity contribution in [3.63, 3.8) is 0 Å². The minimum Gasteiger partial charge on any atom is -0.361 e. The molecule has 11 heteroatoms. The van der Waals surface area contributed by atoms with Gasteiger partial charge in [-0.3, -0.25) is 4.79 Å². The van der Waals surface area contributed by atoms with E-state index in [4.69, 9.17) is 0 Å². The van der Waals surface area contributed by atoms with Crippen molar-refractivity contribution in [2.75, 3.05) is 5.75 Å². The van der Waals surface area contributed by atoms with E-state index in [1.54, 1.807) is 6.20 Å². The van der Waals surface area contributed by atoms with Gasteiger partial charge in [-0.2, -0.15) is 25.8 Å². The molecule has 26 heavy (non-hydrogen) atoms. The van der Waals surface area contributed by atoms with Crippen LogP contribution in [0.1, 0.15) is 17.4 Å². The van der Waals surface area contributed by atoms with E-state index >= 15 is 0 Å². The molecule has 0 fully saturated rings. The zero-order chi connectivity index (χ0) is 18.7. The molecule has 0 bridgehead atoms. The topological polar surface area (TPSA) is 99.3 Å². The monoisotopic (exact) mass is 384 g/mol. The highest BCUT2D eigenvalue weighted by atomic mass is 32.1. The van der Waals surface area contributed by atoms with Crippen LogP contribution in [-0.4, -0.2) is 43.4 Å². The number of carbonyl (C=O) groups excluding carboxylic acids is 1. The number of rotatable bonds is 6. The van der Waals surface area contributed by atoms with Gasteiger partial charge in [-0.05, 0) is 22.1 Å². The molecule has 2 aromatic heterocycles. The normalized spacial score (nSPS) is 14.3. The van der Waals surface area contributed by atoms with Crippen LogP contribution in [0.2, 0.25) is 0 Å². The van der Waals surface area contributed by atoms with Gasteiger partial charge in [0.1, 0.15) is 5.92 Å². The minimum absolute atomic E-state index is 0.170. The van der Waals surface area contributed by atoms with Gasteiger partial charge in [-0.15, -0.1) is 5.10 Å². The fraction of sp³-hybridized carbons (Fsp3) is 0.333. The summed E-state index contributed by atoms with van der Waals surface area (Å²) < 4.78 is 39.0. The van der Waals surface area contributed by atoms with Gasteiger partial charge >= 0.3 is 6.18 Å². The predicted molar refractivity (Wildman–Crippen MR) is 90.5 cm³/mol. The second-order valence-electron chi connectivity index (χ2n) is 5.69. The predicted octanol–water partition coefficient (Wildman–Crippen LogP) is 2.19.